The fourth-order valence-corrected chi connectivity index (χ4v) is 1.81. The van der Waals surface area contributed by atoms with Crippen molar-refractivity contribution in [3.05, 3.63) is 23.8 Å². The predicted octanol–water partition coefficient (Wildman–Crippen LogP) is 2.61. The largest absolute Gasteiger partial charge is 0.489 e. The monoisotopic (exact) mass is 210 g/mol. The van der Waals surface area contributed by atoms with Gasteiger partial charge in [0.1, 0.15) is 11.9 Å². The van der Waals surface area contributed by atoms with Crippen molar-refractivity contribution in [2.45, 2.75) is 24.3 Å². The van der Waals surface area contributed by atoms with Gasteiger partial charge in [-0.1, -0.05) is 0 Å². The van der Waals surface area contributed by atoms with Gasteiger partial charge in [0.25, 0.3) is 0 Å². The van der Waals surface area contributed by atoms with E-state index in [1.54, 1.807) is 18.2 Å². The van der Waals surface area contributed by atoms with Crippen LogP contribution in [0, 0.1) is 0 Å². The molecule has 0 saturated heterocycles. The Hall–Kier alpha value is -1.00. The van der Waals surface area contributed by atoms with Crippen LogP contribution in [0.1, 0.15) is 23.7 Å². The van der Waals surface area contributed by atoms with Crippen LogP contribution in [-0.2, 0) is 0 Å². The van der Waals surface area contributed by atoms with Crippen LogP contribution < -0.4 is 4.74 Å². The number of ketones is 1. The SMILES string of the molecule is CC1CC(=O)c2ccc(SO)cc2O1. The molecule has 1 N–H and O–H groups in total. The second kappa shape index (κ2) is 3.63. The minimum absolute atomic E-state index is 0.0751. The topological polar surface area (TPSA) is 46.5 Å². The average Bonchev–Trinajstić information content (AvgIpc) is 2.16. The van der Waals surface area contributed by atoms with Crippen LogP contribution in [0.25, 0.3) is 0 Å². The highest BCUT2D eigenvalue weighted by atomic mass is 32.2. The van der Waals surface area contributed by atoms with Crippen molar-refractivity contribution in [2.75, 3.05) is 0 Å². The smallest absolute Gasteiger partial charge is 0.170 e. The zero-order valence-corrected chi connectivity index (χ0v) is 8.50. The quantitative estimate of drug-likeness (QED) is 0.724. The molecule has 1 atom stereocenters. The van der Waals surface area contributed by atoms with Crippen LogP contribution in [0.4, 0.5) is 0 Å². The highest BCUT2D eigenvalue weighted by molar-refractivity contribution is 7.93. The number of hydrogen-bond acceptors (Lipinski definition) is 4. The number of rotatable bonds is 1. The van der Waals surface area contributed by atoms with Crippen molar-refractivity contribution in [3.63, 3.8) is 0 Å². The lowest BCUT2D eigenvalue weighted by molar-refractivity contribution is 0.0870. The molecule has 1 unspecified atom stereocenters. The van der Waals surface area contributed by atoms with Gasteiger partial charge in [-0.15, -0.1) is 0 Å². The lowest BCUT2D eigenvalue weighted by Crippen LogP contribution is -2.23. The lowest BCUT2D eigenvalue weighted by Gasteiger charge is -2.22. The molecule has 0 spiro atoms. The minimum atomic E-state index is -0.0751. The highest BCUT2D eigenvalue weighted by Crippen LogP contribution is 2.31. The minimum Gasteiger partial charge on any atom is -0.489 e. The first-order valence-corrected chi connectivity index (χ1v) is 5.13. The maximum Gasteiger partial charge on any atom is 0.170 e. The van der Waals surface area contributed by atoms with Gasteiger partial charge in [-0.3, -0.25) is 4.79 Å². The van der Waals surface area contributed by atoms with E-state index in [0.29, 0.717) is 34.7 Å². The van der Waals surface area contributed by atoms with Crippen molar-refractivity contribution in [1.29, 1.82) is 0 Å². The number of carbonyl (C=O) groups is 1. The Labute approximate surface area is 86.3 Å². The predicted molar refractivity (Wildman–Crippen MR) is 54.0 cm³/mol. The number of ether oxygens (including phenoxy) is 1. The molecule has 0 aromatic heterocycles. The molecule has 0 fully saturated rings. The van der Waals surface area contributed by atoms with Gasteiger partial charge in [-0.2, -0.15) is 0 Å². The molecule has 1 aromatic rings. The third-order valence-electron chi connectivity index (χ3n) is 2.16. The van der Waals surface area contributed by atoms with E-state index in [4.69, 9.17) is 9.29 Å². The van der Waals surface area contributed by atoms with Crippen molar-refractivity contribution < 1.29 is 14.1 Å². The van der Waals surface area contributed by atoms with E-state index >= 15 is 0 Å². The Bertz CT molecular complexity index is 376. The molecule has 4 heteroatoms. The molecular weight excluding hydrogens is 200 g/mol. The fourth-order valence-electron chi connectivity index (χ4n) is 1.52. The summed E-state index contributed by atoms with van der Waals surface area (Å²) in [6, 6.07) is 5.09. The zero-order chi connectivity index (χ0) is 10.1. The van der Waals surface area contributed by atoms with Crippen LogP contribution in [0.5, 0.6) is 5.75 Å². The van der Waals surface area contributed by atoms with Gasteiger partial charge in [0.2, 0.25) is 0 Å². The summed E-state index contributed by atoms with van der Waals surface area (Å²) in [4.78, 5) is 12.2. The van der Waals surface area contributed by atoms with E-state index in [9.17, 15) is 4.79 Å². The Morgan fingerprint density at radius 2 is 2.36 bits per heavy atom. The van der Waals surface area contributed by atoms with Crippen molar-refractivity contribution in [3.8, 4) is 5.75 Å². The van der Waals surface area contributed by atoms with Gasteiger partial charge >= 0.3 is 0 Å². The molecule has 1 aliphatic heterocycles. The first-order chi connectivity index (χ1) is 6.70. The first kappa shape index (κ1) is 9.55. The summed E-state index contributed by atoms with van der Waals surface area (Å²) >= 11 is 0.653. The van der Waals surface area contributed by atoms with Gasteiger partial charge in [0.15, 0.2) is 5.78 Å². The molecular formula is C10H10O3S. The van der Waals surface area contributed by atoms with E-state index < -0.39 is 0 Å². The maximum atomic E-state index is 11.5. The second-order valence-electron chi connectivity index (χ2n) is 3.31. The van der Waals surface area contributed by atoms with E-state index in [1.807, 2.05) is 6.92 Å². The summed E-state index contributed by atoms with van der Waals surface area (Å²) in [6.45, 7) is 1.86. The standard InChI is InChI=1S/C10H10O3S/c1-6-4-9(11)8-3-2-7(14-12)5-10(8)13-6/h2-3,5-6,12H,4H2,1H3. The van der Waals surface area contributed by atoms with Crippen molar-refractivity contribution in [2.24, 2.45) is 0 Å². The van der Waals surface area contributed by atoms with Gasteiger partial charge in [-0.25, -0.2) is 0 Å². The van der Waals surface area contributed by atoms with E-state index in [1.165, 1.54) is 0 Å². The molecule has 0 radical (unpaired) electrons. The molecule has 0 aliphatic carbocycles. The summed E-state index contributed by atoms with van der Waals surface area (Å²) < 4.78 is 14.3. The van der Waals surface area contributed by atoms with Crippen LogP contribution >= 0.6 is 12.0 Å². The van der Waals surface area contributed by atoms with E-state index in [-0.39, 0.29) is 11.9 Å². The number of carbonyl (C=O) groups excluding carboxylic acids is 1. The average molecular weight is 210 g/mol. The summed E-state index contributed by atoms with van der Waals surface area (Å²) in [7, 11) is 0. The molecule has 0 saturated carbocycles. The Balaban J connectivity index is 2.44. The molecule has 1 aliphatic rings. The molecule has 0 amide bonds. The normalized spacial score (nSPS) is 20.1. The third-order valence-corrected chi connectivity index (χ3v) is 2.62. The number of benzene rings is 1. The summed E-state index contributed by atoms with van der Waals surface area (Å²) in [6.07, 6.45) is 0.354. The van der Waals surface area contributed by atoms with Gasteiger partial charge in [-0.05, 0) is 25.1 Å². The molecule has 1 heterocycles. The molecule has 1 aromatic carbocycles. The van der Waals surface area contributed by atoms with Gasteiger partial charge < -0.3 is 9.29 Å². The Kier molecular flexibility index (Phi) is 2.48. The number of Topliss-reactive ketones (excluding diaryl/α,β-unsaturated/α-hetero) is 1. The molecule has 14 heavy (non-hydrogen) atoms. The fraction of sp³-hybridized carbons (Fsp3) is 0.300. The Morgan fingerprint density at radius 1 is 1.57 bits per heavy atom. The van der Waals surface area contributed by atoms with Crippen molar-refractivity contribution >= 4 is 17.8 Å². The highest BCUT2D eigenvalue weighted by Gasteiger charge is 2.23. The number of fused-ring (bicyclic) bond motifs is 1. The van der Waals surface area contributed by atoms with Crippen LogP contribution in [0.2, 0.25) is 0 Å². The number of hydrogen-bond donors (Lipinski definition) is 1. The first-order valence-electron chi connectivity index (χ1n) is 4.36. The summed E-state index contributed by atoms with van der Waals surface area (Å²) in [5.74, 6) is 0.682. The molecule has 3 nitrogen and oxygen atoms in total. The van der Waals surface area contributed by atoms with Crippen LogP contribution in [0.15, 0.2) is 23.1 Å². The zero-order valence-electron chi connectivity index (χ0n) is 7.69. The second-order valence-corrected chi connectivity index (χ2v) is 3.96. The van der Waals surface area contributed by atoms with Gasteiger partial charge in [0.05, 0.1) is 5.56 Å². The Morgan fingerprint density at radius 3 is 3.07 bits per heavy atom. The van der Waals surface area contributed by atoms with E-state index in [2.05, 4.69) is 0 Å². The van der Waals surface area contributed by atoms with E-state index in [0.717, 1.165) is 0 Å². The lowest BCUT2D eigenvalue weighted by atomic mass is 10.0. The molecule has 74 valence electrons. The molecule has 2 rings (SSSR count). The summed E-state index contributed by atoms with van der Waals surface area (Å²) in [5.41, 5.74) is 0.612. The molecule has 0 bridgehead atoms. The van der Waals surface area contributed by atoms with Gasteiger partial charge in [0, 0.05) is 23.4 Å². The van der Waals surface area contributed by atoms with Crippen LogP contribution in [0.3, 0.4) is 0 Å². The van der Waals surface area contributed by atoms with Crippen LogP contribution in [-0.4, -0.2) is 16.4 Å². The summed E-state index contributed by atoms with van der Waals surface area (Å²) in [5, 5.41) is 0. The van der Waals surface area contributed by atoms with Crippen molar-refractivity contribution in [1.82, 2.24) is 0 Å². The third kappa shape index (κ3) is 1.63. The maximum absolute atomic E-state index is 11.5.